The van der Waals surface area contributed by atoms with Crippen LogP contribution in [0.4, 0.5) is 0 Å². The van der Waals surface area contributed by atoms with Gasteiger partial charge in [0, 0.05) is 13.0 Å². The fraction of sp³-hybridized carbons (Fsp3) is 0.870. The topological polar surface area (TPSA) is 58.6 Å². The summed E-state index contributed by atoms with van der Waals surface area (Å²) < 4.78 is 5.25. The number of esters is 1. The lowest BCUT2D eigenvalue weighted by Crippen LogP contribution is -2.35. The van der Waals surface area contributed by atoms with Crippen LogP contribution in [0.25, 0.3) is 0 Å². The van der Waals surface area contributed by atoms with Crippen LogP contribution in [0.15, 0.2) is 12.2 Å². The number of unbranched alkanes of at least 4 members (excludes halogenated alkanes) is 11. The first-order valence-corrected chi connectivity index (χ1v) is 11.3. The SMILES string of the molecule is CCCCCCCC/C=C\CCCCCCCC(=O)OC(C)NCC(C)O. The zero-order valence-corrected chi connectivity index (χ0v) is 18.2. The smallest absolute Gasteiger partial charge is 0.307 e. The third-order valence-corrected chi connectivity index (χ3v) is 4.65. The minimum atomic E-state index is -0.434. The van der Waals surface area contributed by atoms with E-state index in [0.717, 1.165) is 12.8 Å². The molecular weight excluding hydrogens is 338 g/mol. The number of ether oxygens (including phenoxy) is 1. The van der Waals surface area contributed by atoms with Crippen LogP contribution in [0.3, 0.4) is 0 Å². The van der Waals surface area contributed by atoms with Crippen molar-refractivity contribution in [1.82, 2.24) is 5.32 Å². The van der Waals surface area contributed by atoms with Crippen LogP contribution in [-0.2, 0) is 9.53 Å². The highest BCUT2D eigenvalue weighted by Crippen LogP contribution is 2.10. The lowest BCUT2D eigenvalue weighted by Gasteiger charge is -2.15. The number of aliphatic hydroxyl groups is 1. The molecule has 0 radical (unpaired) electrons. The predicted octanol–water partition coefficient (Wildman–Crippen LogP) is 5.88. The molecule has 2 N–H and O–H groups in total. The summed E-state index contributed by atoms with van der Waals surface area (Å²) in [6.45, 7) is 6.19. The van der Waals surface area contributed by atoms with Gasteiger partial charge in [0.25, 0.3) is 0 Å². The Hall–Kier alpha value is -0.870. The summed E-state index contributed by atoms with van der Waals surface area (Å²) in [5.74, 6) is -0.154. The Morgan fingerprint density at radius 2 is 1.41 bits per heavy atom. The first-order chi connectivity index (χ1) is 13.1. The van der Waals surface area contributed by atoms with Gasteiger partial charge in [-0.15, -0.1) is 0 Å². The van der Waals surface area contributed by atoms with E-state index in [4.69, 9.17) is 4.74 Å². The van der Waals surface area contributed by atoms with Crippen molar-refractivity contribution in [3.63, 3.8) is 0 Å². The molecular formula is C23H45NO3. The molecule has 0 fully saturated rings. The van der Waals surface area contributed by atoms with Gasteiger partial charge in [-0.25, -0.2) is 0 Å². The lowest BCUT2D eigenvalue weighted by molar-refractivity contribution is -0.150. The van der Waals surface area contributed by atoms with Crippen molar-refractivity contribution in [2.75, 3.05) is 6.54 Å². The molecule has 0 aromatic heterocycles. The molecule has 0 saturated heterocycles. The number of hydrogen-bond donors (Lipinski definition) is 2. The summed E-state index contributed by atoms with van der Waals surface area (Å²) >= 11 is 0. The van der Waals surface area contributed by atoms with Gasteiger partial charge in [0.1, 0.15) is 0 Å². The summed E-state index contributed by atoms with van der Waals surface area (Å²) in [4.78, 5) is 11.7. The highest BCUT2D eigenvalue weighted by atomic mass is 16.6. The van der Waals surface area contributed by atoms with Crippen LogP contribution in [0.2, 0.25) is 0 Å². The van der Waals surface area contributed by atoms with E-state index in [-0.39, 0.29) is 12.2 Å². The van der Waals surface area contributed by atoms with Crippen molar-refractivity contribution < 1.29 is 14.6 Å². The van der Waals surface area contributed by atoms with Gasteiger partial charge in [-0.2, -0.15) is 0 Å². The van der Waals surface area contributed by atoms with Crippen LogP contribution >= 0.6 is 0 Å². The first kappa shape index (κ1) is 26.1. The van der Waals surface area contributed by atoms with E-state index >= 15 is 0 Å². The number of rotatable bonds is 19. The summed E-state index contributed by atoms with van der Waals surface area (Å²) in [7, 11) is 0. The van der Waals surface area contributed by atoms with E-state index in [1.54, 1.807) is 13.8 Å². The Morgan fingerprint density at radius 3 is 1.96 bits per heavy atom. The zero-order chi connectivity index (χ0) is 20.2. The molecule has 0 amide bonds. The van der Waals surface area contributed by atoms with Gasteiger partial charge in [0.05, 0.1) is 6.10 Å². The highest BCUT2D eigenvalue weighted by molar-refractivity contribution is 5.69. The third kappa shape index (κ3) is 21.3. The molecule has 0 aromatic carbocycles. The molecule has 160 valence electrons. The molecule has 0 bridgehead atoms. The molecule has 2 unspecified atom stereocenters. The number of nitrogens with one attached hydrogen (secondary N) is 1. The van der Waals surface area contributed by atoms with Crippen molar-refractivity contribution in [2.45, 2.75) is 123 Å². The van der Waals surface area contributed by atoms with Gasteiger partial charge in [0.2, 0.25) is 0 Å². The Labute approximate surface area is 168 Å². The van der Waals surface area contributed by atoms with Crippen LogP contribution < -0.4 is 5.32 Å². The number of carbonyl (C=O) groups excluding carboxylic acids is 1. The summed E-state index contributed by atoms with van der Waals surface area (Å²) in [6, 6.07) is 0. The van der Waals surface area contributed by atoms with Crippen LogP contribution in [0, 0.1) is 0 Å². The Kier molecular flexibility index (Phi) is 19.2. The maximum absolute atomic E-state index is 11.7. The molecule has 27 heavy (non-hydrogen) atoms. The maximum Gasteiger partial charge on any atom is 0.307 e. The van der Waals surface area contributed by atoms with E-state index in [1.165, 1.54) is 70.6 Å². The van der Waals surface area contributed by atoms with Crippen molar-refractivity contribution >= 4 is 5.97 Å². The van der Waals surface area contributed by atoms with Crippen molar-refractivity contribution in [3.8, 4) is 0 Å². The van der Waals surface area contributed by atoms with E-state index in [9.17, 15) is 9.90 Å². The molecule has 0 rings (SSSR count). The number of aliphatic hydroxyl groups excluding tert-OH is 1. The molecule has 0 aliphatic carbocycles. The molecule has 0 spiro atoms. The summed E-state index contributed by atoms with van der Waals surface area (Å²) in [5.41, 5.74) is 0. The molecule has 4 heteroatoms. The largest absolute Gasteiger partial charge is 0.447 e. The van der Waals surface area contributed by atoms with Crippen LogP contribution in [-0.4, -0.2) is 30.0 Å². The van der Waals surface area contributed by atoms with Gasteiger partial charge in [-0.05, 0) is 46.0 Å². The summed E-state index contributed by atoms with van der Waals surface area (Å²) in [5, 5.41) is 12.1. The quantitative estimate of drug-likeness (QED) is 0.126. The number of hydrogen-bond acceptors (Lipinski definition) is 4. The van der Waals surface area contributed by atoms with E-state index < -0.39 is 6.10 Å². The standard InChI is InChI=1S/C23H45NO3/c1-4-5-6-7-8-9-10-11-12-13-14-15-16-17-18-19-23(26)27-22(3)24-20-21(2)25/h11-12,21-22,24-25H,4-10,13-20H2,1-3H3/b12-11-. The van der Waals surface area contributed by atoms with Gasteiger partial charge >= 0.3 is 5.97 Å². The van der Waals surface area contributed by atoms with Crippen LogP contribution in [0.5, 0.6) is 0 Å². The van der Waals surface area contributed by atoms with Crippen molar-refractivity contribution in [2.24, 2.45) is 0 Å². The summed E-state index contributed by atoms with van der Waals surface area (Å²) in [6.07, 6.45) is 20.7. The second-order valence-corrected chi connectivity index (χ2v) is 7.72. The Morgan fingerprint density at radius 1 is 0.889 bits per heavy atom. The first-order valence-electron chi connectivity index (χ1n) is 11.3. The fourth-order valence-corrected chi connectivity index (χ4v) is 2.97. The van der Waals surface area contributed by atoms with E-state index in [1.807, 2.05) is 0 Å². The maximum atomic E-state index is 11.7. The minimum absolute atomic E-state index is 0.154. The molecule has 0 saturated carbocycles. The van der Waals surface area contributed by atoms with E-state index in [0.29, 0.717) is 13.0 Å². The predicted molar refractivity (Wildman–Crippen MR) is 115 cm³/mol. The second kappa shape index (κ2) is 19.9. The van der Waals surface area contributed by atoms with Gasteiger partial charge < -0.3 is 9.84 Å². The second-order valence-electron chi connectivity index (χ2n) is 7.72. The van der Waals surface area contributed by atoms with Gasteiger partial charge in [-0.1, -0.05) is 70.4 Å². The van der Waals surface area contributed by atoms with Gasteiger partial charge in [0.15, 0.2) is 6.23 Å². The van der Waals surface area contributed by atoms with Crippen LogP contribution in [0.1, 0.15) is 111 Å². The number of carbonyl (C=O) groups is 1. The monoisotopic (exact) mass is 383 g/mol. The molecule has 0 aliphatic heterocycles. The average Bonchev–Trinajstić information content (AvgIpc) is 2.63. The Bertz CT molecular complexity index is 356. The normalized spacial score (nSPS) is 13.8. The minimum Gasteiger partial charge on any atom is -0.447 e. The molecule has 2 atom stereocenters. The molecule has 0 aromatic rings. The third-order valence-electron chi connectivity index (χ3n) is 4.65. The Balaban J connectivity index is 3.32. The lowest BCUT2D eigenvalue weighted by atomic mass is 10.1. The highest BCUT2D eigenvalue weighted by Gasteiger charge is 2.09. The molecule has 0 heterocycles. The molecule has 0 aliphatic rings. The van der Waals surface area contributed by atoms with Crippen molar-refractivity contribution in [1.29, 1.82) is 0 Å². The number of allylic oxidation sites excluding steroid dienone is 2. The van der Waals surface area contributed by atoms with Gasteiger partial charge in [-0.3, -0.25) is 10.1 Å². The van der Waals surface area contributed by atoms with E-state index in [2.05, 4.69) is 24.4 Å². The fourth-order valence-electron chi connectivity index (χ4n) is 2.97. The van der Waals surface area contributed by atoms with Crippen molar-refractivity contribution in [3.05, 3.63) is 12.2 Å². The molecule has 4 nitrogen and oxygen atoms in total. The average molecular weight is 384 g/mol. The zero-order valence-electron chi connectivity index (χ0n) is 18.2.